The Hall–Kier alpha value is -1.29. The van der Waals surface area contributed by atoms with Gasteiger partial charge in [-0.15, -0.1) is 0 Å². The number of rotatable bonds is 6. The molecule has 0 amide bonds. The maximum Gasteiger partial charge on any atom is 0.271 e. The van der Waals surface area contributed by atoms with E-state index in [1.807, 2.05) is 12.1 Å². The highest BCUT2D eigenvalue weighted by molar-refractivity contribution is 5.42. The molecular formula is C14H23N3O. The van der Waals surface area contributed by atoms with Crippen LogP contribution in [0.25, 0.3) is 0 Å². The minimum Gasteiger partial charge on any atom is -0.376 e. The van der Waals surface area contributed by atoms with Crippen molar-refractivity contribution in [3.8, 4) is 0 Å². The van der Waals surface area contributed by atoms with Crippen molar-refractivity contribution in [2.24, 2.45) is 0 Å². The van der Waals surface area contributed by atoms with Gasteiger partial charge < -0.3 is 15.6 Å². The molecule has 1 aromatic rings. The molecule has 4 heteroatoms. The average molecular weight is 249 g/mol. The number of nitrogens with one attached hydrogen (secondary N) is 3. The van der Waals surface area contributed by atoms with Crippen LogP contribution in [0.4, 0.5) is 5.69 Å². The van der Waals surface area contributed by atoms with E-state index in [2.05, 4.69) is 29.5 Å². The lowest BCUT2D eigenvalue weighted by Gasteiger charge is -2.40. The van der Waals surface area contributed by atoms with Crippen molar-refractivity contribution in [2.45, 2.75) is 57.7 Å². The molecule has 0 bridgehead atoms. The Bertz CT molecular complexity index is 425. The molecule has 1 heterocycles. The Morgan fingerprint density at radius 3 is 2.61 bits per heavy atom. The third kappa shape index (κ3) is 2.93. The molecule has 2 unspecified atom stereocenters. The van der Waals surface area contributed by atoms with Gasteiger partial charge >= 0.3 is 0 Å². The summed E-state index contributed by atoms with van der Waals surface area (Å²) in [5, 5.41) is 7.01. The number of anilines is 1. The summed E-state index contributed by atoms with van der Waals surface area (Å²) in [7, 11) is 0. The summed E-state index contributed by atoms with van der Waals surface area (Å²) in [4.78, 5) is 14.3. The van der Waals surface area contributed by atoms with Gasteiger partial charge in [-0.3, -0.25) is 4.79 Å². The third-order valence-corrected chi connectivity index (χ3v) is 3.87. The van der Waals surface area contributed by atoms with Crippen molar-refractivity contribution in [2.75, 3.05) is 5.32 Å². The summed E-state index contributed by atoms with van der Waals surface area (Å²) >= 11 is 0. The summed E-state index contributed by atoms with van der Waals surface area (Å²) in [6, 6.07) is 5.16. The number of aromatic nitrogens is 1. The normalized spacial score (nSPS) is 22.8. The van der Waals surface area contributed by atoms with Crippen molar-refractivity contribution in [3.63, 3.8) is 0 Å². The fourth-order valence-corrected chi connectivity index (χ4v) is 2.43. The van der Waals surface area contributed by atoms with Gasteiger partial charge in [0, 0.05) is 24.3 Å². The van der Waals surface area contributed by atoms with Crippen LogP contribution in [0.3, 0.4) is 0 Å². The van der Waals surface area contributed by atoms with Gasteiger partial charge in [0.05, 0.1) is 0 Å². The third-order valence-electron chi connectivity index (χ3n) is 3.87. The molecule has 100 valence electrons. The quantitative estimate of drug-likeness (QED) is 0.723. The number of pyridine rings is 1. The molecule has 1 fully saturated rings. The molecule has 0 aliphatic heterocycles. The number of H-pyrrole nitrogens is 1. The zero-order valence-corrected chi connectivity index (χ0v) is 11.2. The predicted octanol–water partition coefficient (Wildman–Crippen LogP) is 2.10. The number of hydrogen-bond donors (Lipinski definition) is 3. The average Bonchev–Trinajstić information content (AvgIpc) is 2.37. The largest absolute Gasteiger partial charge is 0.376 e. The molecule has 1 aliphatic rings. The van der Waals surface area contributed by atoms with Crippen LogP contribution in [0, 0.1) is 0 Å². The number of hydrogen-bond acceptors (Lipinski definition) is 3. The summed E-state index contributed by atoms with van der Waals surface area (Å²) in [6.07, 6.45) is 6.30. The van der Waals surface area contributed by atoms with E-state index in [0.717, 1.165) is 19.3 Å². The van der Waals surface area contributed by atoms with Crippen molar-refractivity contribution in [1.29, 1.82) is 0 Å². The summed E-state index contributed by atoms with van der Waals surface area (Å²) < 4.78 is 0. The first kappa shape index (κ1) is 13.1. The molecule has 3 N–H and O–H groups in total. The fraction of sp³-hybridized carbons (Fsp3) is 0.643. The second-order valence-electron chi connectivity index (χ2n) is 5.03. The molecule has 2 rings (SSSR count). The van der Waals surface area contributed by atoms with Crippen molar-refractivity contribution in [3.05, 3.63) is 28.7 Å². The van der Waals surface area contributed by atoms with Crippen LogP contribution < -0.4 is 16.2 Å². The summed E-state index contributed by atoms with van der Waals surface area (Å²) in [5.41, 5.74) is 0.643. The Morgan fingerprint density at radius 1 is 1.33 bits per heavy atom. The lowest BCUT2D eigenvalue weighted by molar-refractivity contribution is 0.268. The van der Waals surface area contributed by atoms with E-state index in [1.165, 1.54) is 6.42 Å². The maximum absolute atomic E-state index is 11.6. The summed E-state index contributed by atoms with van der Waals surface area (Å²) in [6.45, 7) is 4.42. The van der Waals surface area contributed by atoms with E-state index in [1.54, 1.807) is 6.20 Å². The van der Waals surface area contributed by atoms with Crippen LogP contribution in [0.2, 0.25) is 0 Å². The highest BCUT2D eigenvalue weighted by Gasteiger charge is 2.31. The first-order valence-electron chi connectivity index (χ1n) is 6.94. The zero-order chi connectivity index (χ0) is 13.0. The molecule has 1 aromatic heterocycles. The predicted molar refractivity (Wildman–Crippen MR) is 75.0 cm³/mol. The van der Waals surface area contributed by atoms with E-state index in [-0.39, 0.29) is 5.56 Å². The van der Waals surface area contributed by atoms with Gasteiger partial charge in [-0.1, -0.05) is 13.8 Å². The molecule has 0 radical (unpaired) electrons. The van der Waals surface area contributed by atoms with Crippen LogP contribution in [-0.2, 0) is 0 Å². The van der Waals surface area contributed by atoms with Crippen molar-refractivity contribution < 1.29 is 0 Å². The van der Waals surface area contributed by atoms with Crippen molar-refractivity contribution >= 4 is 5.69 Å². The first-order valence-corrected chi connectivity index (χ1v) is 6.94. The fourth-order valence-electron chi connectivity index (χ4n) is 2.43. The van der Waals surface area contributed by atoms with E-state index >= 15 is 0 Å². The van der Waals surface area contributed by atoms with Crippen molar-refractivity contribution in [1.82, 2.24) is 10.3 Å². The lowest BCUT2D eigenvalue weighted by Crippen LogP contribution is -2.55. The highest BCUT2D eigenvalue weighted by atomic mass is 16.1. The van der Waals surface area contributed by atoms with E-state index in [4.69, 9.17) is 0 Å². The number of aromatic amines is 1. The Kier molecular flexibility index (Phi) is 4.42. The lowest BCUT2D eigenvalue weighted by atomic mass is 9.85. The van der Waals surface area contributed by atoms with Gasteiger partial charge in [0.25, 0.3) is 5.56 Å². The molecule has 18 heavy (non-hydrogen) atoms. The van der Waals surface area contributed by atoms with E-state index < -0.39 is 0 Å². The highest BCUT2D eigenvalue weighted by Crippen LogP contribution is 2.24. The van der Waals surface area contributed by atoms with Crippen LogP contribution in [0.1, 0.15) is 39.5 Å². The first-order chi connectivity index (χ1) is 8.74. The minimum atomic E-state index is -0.0364. The Morgan fingerprint density at radius 2 is 2.06 bits per heavy atom. The second-order valence-corrected chi connectivity index (χ2v) is 5.03. The smallest absolute Gasteiger partial charge is 0.271 e. The van der Waals surface area contributed by atoms with Crippen LogP contribution in [0.5, 0.6) is 0 Å². The molecule has 1 aliphatic carbocycles. The van der Waals surface area contributed by atoms with Crippen LogP contribution in [-0.4, -0.2) is 23.1 Å². The van der Waals surface area contributed by atoms with Gasteiger partial charge in [0.1, 0.15) is 5.69 Å². The molecular weight excluding hydrogens is 226 g/mol. The molecule has 4 nitrogen and oxygen atoms in total. The van der Waals surface area contributed by atoms with Gasteiger partial charge in [0.15, 0.2) is 0 Å². The molecule has 0 aromatic carbocycles. The Labute approximate surface area is 108 Å². The van der Waals surface area contributed by atoms with Crippen LogP contribution >= 0.6 is 0 Å². The maximum atomic E-state index is 11.6. The minimum absolute atomic E-state index is 0.0364. The summed E-state index contributed by atoms with van der Waals surface area (Å²) in [5.74, 6) is 0. The van der Waals surface area contributed by atoms with Gasteiger partial charge in [-0.25, -0.2) is 0 Å². The molecule has 0 saturated heterocycles. The SMILES string of the molecule is CCC(CC)NC1CCC1Nc1ccc[nH]c1=O. The Balaban J connectivity index is 1.91. The van der Waals surface area contributed by atoms with E-state index in [0.29, 0.717) is 23.8 Å². The van der Waals surface area contributed by atoms with Gasteiger partial charge in [0.2, 0.25) is 0 Å². The monoisotopic (exact) mass is 249 g/mol. The molecule has 0 spiro atoms. The molecule has 1 saturated carbocycles. The second kappa shape index (κ2) is 6.05. The topological polar surface area (TPSA) is 56.9 Å². The molecule has 2 atom stereocenters. The van der Waals surface area contributed by atoms with Crippen LogP contribution in [0.15, 0.2) is 23.1 Å². The van der Waals surface area contributed by atoms with Gasteiger partial charge in [-0.2, -0.15) is 0 Å². The standard InChI is InChI=1S/C14H23N3O/c1-3-10(4-2)16-11-7-8-12(11)17-13-6-5-9-15-14(13)18/h5-6,9-12,16-17H,3-4,7-8H2,1-2H3,(H,15,18). The van der Waals surface area contributed by atoms with Gasteiger partial charge in [-0.05, 0) is 37.8 Å². The zero-order valence-electron chi connectivity index (χ0n) is 11.2. The van der Waals surface area contributed by atoms with E-state index in [9.17, 15) is 4.79 Å².